The first-order valence-corrected chi connectivity index (χ1v) is 7.35. The lowest BCUT2D eigenvalue weighted by Crippen LogP contribution is -2.34. The molecule has 2 rings (SSSR count). The van der Waals surface area contributed by atoms with Gasteiger partial charge in [-0.25, -0.2) is 0 Å². The Labute approximate surface area is 124 Å². The molecule has 1 saturated heterocycles. The highest BCUT2D eigenvalue weighted by Crippen LogP contribution is 2.28. The molecule has 0 aromatic heterocycles. The molecule has 3 nitrogen and oxygen atoms in total. The van der Waals surface area contributed by atoms with Crippen LogP contribution in [0.2, 0.25) is 10.0 Å². The highest BCUT2D eigenvalue weighted by atomic mass is 35.5. The lowest BCUT2D eigenvalue weighted by atomic mass is 10.2. The molecule has 1 aliphatic rings. The summed E-state index contributed by atoms with van der Waals surface area (Å²) in [5.74, 6) is 0.664. The third-order valence-corrected chi connectivity index (χ3v) is 3.58. The van der Waals surface area contributed by atoms with Gasteiger partial charge >= 0.3 is 0 Å². The molecule has 0 aliphatic carbocycles. The molecule has 2 atom stereocenters. The van der Waals surface area contributed by atoms with Crippen molar-refractivity contribution in [2.45, 2.75) is 32.0 Å². The van der Waals surface area contributed by atoms with Crippen LogP contribution in [0.25, 0.3) is 0 Å². The van der Waals surface area contributed by atoms with Crippen LogP contribution in [0.15, 0.2) is 18.2 Å². The molecule has 1 fully saturated rings. The van der Waals surface area contributed by atoms with Gasteiger partial charge in [0.1, 0.15) is 11.9 Å². The predicted octanol–water partition coefficient (Wildman–Crippen LogP) is 3.53. The highest BCUT2D eigenvalue weighted by Gasteiger charge is 2.15. The van der Waals surface area contributed by atoms with Crippen LogP contribution < -0.4 is 10.1 Å². The maximum absolute atomic E-state index is 6.06. The SMILES string of the molecule is CC(CNCC1CCCO1)Oc1ccc(Cl)cc1Cl. The van der Waals surface area contributed by atoms with Gasteiger partial charge in [-0.15, -0.1) is 0 Å². The smallest absolute Gasteiger partial charge is 0.138 e. The minimum absolute atomic E-state index is 0.0417. The van der Waals surface area contributed by atoms with Crippen LogP contribution in [0.4, 0.5) is 0 Å². The Morgan fingerprint density at radius 2 is 2.32 bits per heavy atom. The normalized spacial score (nSPS) is 20.5. The van der Waals surface area contributed by atoms with E-state index in [0.29, 0.717) is 21.9 Å². The van der Waals surface area contributed by atoms with Crippen LogP contribution in [0.1, 0.15) is 19.8 Å². The quantitative estimate of drug-likeness (QED) is 0.872. The van der Waals surface area contributed by atoms with E-state index < -0.39 is 0 Å². The number of hydrogen-bond acceptors (Lipinski definition) is 3. The van der Waals surface area contributed by atoms with E-state index in [1.807, 2.05) is 6.92 Å². The minimum Gasteiger partial charge on any atom is -0.488 e. The van der Waals surface area contributed by atoms with E-state index in [1.165, 1.54) is 6.42 Å². The van der Waals surface area contributed by atoms with Crippen molar-refractivity contribution in [3.8, 4) is 5.75 Å². The van der Waals surface area contributed by atoms with Crippen molar-refractivity contribution in [2.24, 2.45) is 0 Å². The van der Waals surface area contributed by atoms with Crippen molar-refractivity contribution in [3.05, 3.63) is 28.2 Å². The summed E-state index contributed by atoms with van der Waals surface area (Å²) in [5.41, 5.74) is 0. The summed E-state index contributed by atoms with van der Waals surface area (Å²) in [6.07, 6.45) is 2.70. The Morgan fingerprint density at radius 1 is 1.47 bits per heavy atom. The first-order valence-electron chi connectivity index (χ1n) is 6.59. The second kappa shape index (κ2) is 7.34. The molecule has 1 N–H and O–H groups in total. The van der Waals surface area contributed by atoms with Gasteiger partial charge in [0.15, 0.2) is 0 Å². The van der Waals surface area contributed by atoms with Crippen molar-refractivity contribution in [2.75, 3.05) is 19.7 Å². The molecule has 19 heavy (non-hydrogen) atoms. The van der Waals surface area contributed by atoms with E-state index in [9.17, 15) is 0 Å². The molecule has 1 aliphatic heterocycles. The summed E-state index contributed by atoms with van der Waals surface area (Å²) in [5, 5.41) is 4.51. The van der Waals surface area contributed by atoms with Gasteiger partial charge in [-0.2, -0.15) is 0 Å². The van der Waals surface area contributed by atoms with Crippen molar-refractivity contribution in [1.29, 1.82) is 0 Å². The number of halogens is 2. The van der Waals surface area contributed by atoms with Gasteiger partial charge < -0.3 is 14.8 Å². The highest BCUT2D eigenvalue weighted by molar-refractivity contribution is 6.35. The summed E-state index contributed by atoms with van der Waals surface area (Å²) >= 11 is 11.9. The summed E-state index contributed by atoms with van der Waals surface area (Å²) in [4.78, 5) is 0. The standard InChI is InChI=1S/C14H19Cl2NO2/c1-10(8-17-9-12-3-2-6-18-12)19-14-5-4-11(15)7-13(14)16/h4-5,7,10,12,17H,2-3,6,8-9H2,1H3. The van der Waals surface area contributed by atoms with Crippen LogP contribution in [-0.2, 0) is 4.74 Å². The molecule has 0 bridgehead atoms. The van der Waals surface area contributed by atoms with Gasteiger partial charge in [0, 0.05) is 24.7 Å². The molecule has 2 unspecified atom stereocenters. The Bertz CT molecular complexity index is 408. The fourth-order valence-corrected chi connectivity index (χ4v) is 2.54. The van der Waals surface area contributed by atoms with Gasteiger partial charge in [0.05, 0.1) is 11.1 Å². The van der Waals surface area contributed by atoms with E-state index >= 15 is 0 Å². The molecular weight excluding hydrogens is 285 g/mol. The van der Waals surface area contributed by atoms with Crippen LogP contribution >= 0.6 is 23.2 Å². The first kappa shape index (κ1) is 14.9. The molecule has 0 amide bonds. The zero-order chi connectivity index (χ0) is 13.7. The van der Waals surface area contributed by atoms with Crippen LogP contribution in [-0.4, -0.2) is 31.9 Å². The van der Waals surface area contributed by atoms with E-state index in [1.54, 1.807) is 18.2 Å². The zero-order valence-electron chi connectivity index (χ0n) is 11.0. The fourth-order valence-electron chi connectivity index (χ4n) is 2.08. The number of hydrogen-bond donors (Lipinski definition) is 1. The van der Waals surface area contributed by atoms with Gasteiger partial charge in [0.2, 0.25) is 0 Å². The van der Waals surface area contributed by atoms with Crippen molar-refractivity contribution >= 4 is 23.2 Å². The summed E-state index contributed by atoms with van der Waals surface area (Å²) in [6.45, 7) is 4.53. The van der Waals surface area contributed by atoms with Crippen molar-refractivity contribution in [3.63, 3.8) is 0 Å². The number of nitrogens with one attached hydrogen (secondary N) is 1. The second-order valence-electron chi connectivity index (χ2n) is 4.80. The molecule has 1 aromatic rings. The number of rotatable bonds is 6. The first-order chi connectivity index (χ1) is 9.15. The molecule has 0 saturated carbocycles. The van der Waals surface area contributed by atoms with E-state index in [0.717, 1.165) is 26.1 Å². The topological polar surface area (TPSA) is 30.5 Å². The Kier molecular flexibility index (Phi) is 5.76. The van der Waals surface area contributed by atoms with Gasteiger partial charge in [-0.05, 0) is 38.0 Å². The minimum atomic E-state index is 0.0417. The molecule has 106 valence electrons. The van der Waals surface area contributed by atoms with Crippen molar-refractivity contribution < 1.29 is 9.47 Å². The molecule has 0 spiro atoms. The molecule has 1 heterocycles. The number of benzene rings is 1. The molecule has 5 heteroatoms. The third kappa shape index (κ3) is 4.84. The third-order valence-electron chi connectivity index (χ3n) is 3.05. The van der Waals surface area contributed by atoms with E-state index in [-0.39, 0.29) is 6.10 Å². The number of ether oxygens (including phenoxy) is 2. The Balaban J connectivity index is 1.72. The van der Waals surface area contributed by atoms with Gasteiger partial charge in [0.25, 0.3) is 0 Å². The monoisotopic (exact) mass is 303 g/mol. The Hall–Kier alpha value is -0.480. The lowest BCUT2D eigenvalue weighted by molar-refractivity contribution is 0.106. The molecule has 0 radical (unpaired) electrons. The van der Waals surface area contributed by atoms with E-state index in [2.05, 4.69) is 5.32 Å². The van der Waals surface area contributed by atoms with Gasteiger partial charge in [-0.1, -0.05) is 23.2 Å². The maximum Gasteiger partial charge on any atom is 0.138 e. The van der Waals surface area contributed by atoms with Crippen molar-refractivity contribution in [1.82, 2.24) is 5.32 Å². The second-order valence-corrected chi connectivity index (χ2v) is 5.64. The molecular formula is C14H19Cl2NO2. The van der Waals surface area contributed by atoms with Crippen LogP contribution in [0.5, 0.6) is 5.75 Å². The fraction of sp³-hybridized carbons (Fsp3) is 0.571. The predicted molar refractivity (Wildman–Crippen MR) is 78.4 cm³/mol. The Morgan fingerprint density at radius 3 is 3.00 bits per heavy atom. The van der Waals surface area contributed by atoms with E-state index in [4.69, 9.17) is 32.7 Å². The maximum atomic E-state index is 6.06. The summed E-state index contributed by atoms with van der Waals surface area (Å²) in [7, 11) is 0. The average molecular weight is 304 g/mol. The van der Waals surface area contributed by atoms with Crippen LogP contribution in [0.3, 0.4) is 0 Å². The molecule has 1 aromatic carbocycles. The average Bonchev–Trinajstić information content (AvgIpc) is 2.86. The summed E-state index contributed by atoms with van der Waals surface area (Å²) in [6, 6.07) is 5.25. The summed E-state index contributed by atoms with van der Waals surface area (Å²) < 4.78 is 11.3. The van der Waals surface area contributed by atoms with Gasteiger partial charge in [-0.3, -0.25) is 0 Å². The largest absolute Gasteiger partial charge is 0.488 e. The zero-order valence-corrected chi connectivity index (χ0v) is 12.5. The van der Waals surface area contributed by atoms with Crippen LogP contribution in [0, 0.1) is 0 Å². The lowest BCUT2D eigenvalue weighted by Gasteiger charge is -2.18.